The minimum Gasteiger partial charge on any atom is -0.493 e. The van der Waals surface area contributed by atoms with Gasteiger partial charge < -0.3 is 14.8 Å². The summed E-state index contributed by atoms with van der Waals surface area (Å²) in [5.41, 5.74) is 2.39. The van der Waals surface area contributed by atoms with Crippen molar-refractivity contribution in [2.45, 2.75) is 49.3 Å². The molecular formula is C23H21F8N3O4S. The SMILES string of the molecule is CCC1SC(=O)NN(C(NC(=O)C(F)(F)C(F)(F)F)c2ccccc2)C1c1ccc(OC)c(OC(F)(F)F)c1. The number of hydrogen-bond acceptors (Lipinski definition) is 6. The third-order valence-corrected chi connectivity index (χ3v) is 6.79. The zero-order valence-electron chi connectivity index (χ0n) is 20.1. The van der Waals surface area contributed by atoms with E-state index >= 15 is 0 Å². The maximum atomic E-state index is 13.9. The average molecular weight is 587 g/mol. The van der Waals surface area contributed by atoms with E-state index in [9.17, 15) is 44.7 Å². The third-order valence-electron chi connectivity index (χ3n) is 5.59. The lowest BCUT2D eigenvalue weighted by Crippen LogP contribution is -2.59. The molecule has 7 nitrogen and oxygen atoms in total. The van der Waals surface area contributed by atoms with Crippen LogP contribution in [0.5, 0.6) is 11.5 Å². The fourth-order valence-corrected chi connectivity index (χ4v) is 4.88. The Bertz CT molecular complexity index is 1180. The van der Waals surface area contributed by atoms with Gasteiger partial charge in [-0.05, 0) is 29.7 Å². The van der Waals surface area contributed by atoms with Gasteiger partial charge in [-0.2, -0.15) is 27.0 Å². The monoisotopic (exact) mass is 587 g/mol. The summed E-state index contributed by atoms with van der Waals surface area (Å²) in [4.78, 5) is 24.7. The van der Waals surface area contributed by atoms with E-state index < -0.39 is 52.8 Å². The summed E-state index contributed by atoms with van der Waals surface area (Å²) in [6, 6.07) is 9.17. The summed E-state index contributed by atoms with van der Waals surface area (Å²) < 4.78 is 115. The predicted octanol–water partition coefficient (Wildman–Crippen LogP) is 6.10. The third kappa shape index (κ3) is 6.84. The molecule has 2 N–H and O–H groups in total. The zero-order chi connectivity index (χ0) is 29.2. The van der Waals surface area contributed by atoms with Crippen LogP contribution in [0.4, 0.5) is 39.9 Å². The van der Waals surface area contributed by atoms with Gasteiger partial charge in [-0.1, -0.05) is 55.1 Å². The first-order valence-electron chi connectivity index (χ1n) is 11.1. The molecule has 214 valence electrons. The van der Waals surface area contributed by atoms with Gasteiger partial charge in [0.05, 0.1) is 13.2 Å². The molecule has 0 saturated carbocycles. The van der Waals surface area contributed by atoms with E-state index in [2.05, 4.69) is 10.2 Å². The van der Waals surface area contributed by atoms with Gasteiger partial charge in [0.1, 0.15) is 6.17 Å². The van der Waals surface area contributed by atoms with E-state index in [4.69, 9.17) is 4.74 Å². The summed E-state index contributed by atoms with van der Waals surface area (Å²) >= 11 is 0.736. The van der Waals surface area contributed by atoms with E-state index in [1.54, 1.807) is 12.2 Å². The van der Waals surface area contributed by atoms with Crippen LogP contribution in [0.25, 0.3) is 0 Å². The standard InChI is InChI=1S/C23H21F8N3O4S/c1-3-16-17(13-9-10-14(37-2)15(11-13)38-23(29,30)31)34(33-20(36)39-16)18(12-7-5-4-6-8-12)32-19(35)21(24,25)22(26,27)28/h4-11,16-18H,3H2,1-2H3,(H,32,35)(H,33,36). The molecule has 2 amide bonds. The van der Waals surface area contributed by atoms with Crippen molar-refractivity contribution in [1.29, 1.82) is 0 Å². The first kappa shape index (κ1) is 30.3. The Hall–Kier alpha value is -3.27. The molecule has 1 aliphatic heterocycles. The summed E-state index contributed by atoms with van der Waals surface area (Å²) in [5, 5.41) is 1.08. The second kappa shape index (κ2) is 11.5. The number of nitrogens with one attached hydrogen (secondary N) is 2. The van der Waals surface area contributed by atoms with Crippen LogP contribution < -0.4 is 20.2 Å². The number of carbonyl (C=O) groups is 2. The van der Waals surface area contributed by atoms with Crippen LogP contribution in [-0.4, -0.2) is 47.0 Å². The lowest BCUT2D eigenvalue weighted by atomic mass is 9.98. The second-order valence-corrected chi connectivity index (χ2v) is 9.34. The van der Waals surface area contributed by atoms with Crippen LogP contribution in [-0.2, 0) is 4.79 Å². The largest absolute Gasteiger partial charge is 0.573 e. The fraction of sp³-hybridized carbons (Fsp3) is 0.391. The molecule has 1 aliphatic rings. The number of carbonyl (C=O) groups excluding carboxylic acids is 2. The number of hydrogen-bond donors (Lipinski definition) is 2. The van der Waals surface area contributed by atoms with Gasteiger partial charge in [-0.25, -0.2) is 0 Å². The number of hydrazine groups is 1. The Morgan fingerprint density at radius 1 is 1.05 bits per heavy atom. The molecule has 0 aliphatic carbocycles. The maximum absolute atomic E-state index is 13.9. The molecule has 2 aromatic carbocycles. The Balaban J connectivity index is 2.15. The first-order valence-corrected chi connectivity index (χ1v) is 12.0. The molecule has 0 spiro atoms. The van der Waals surface area contributed by atoms with Crippen molar-refractivity contribution in [3.8, 4) is 11.5 Å². The molecule has 2 aromatic rings. The van der Waals surface area contributed by atoms with Crippen molar-refractivity contribution in [3.05, 3.63) is 59.7 Å². The van der Waals surface area contributed by atoms with Gasteiger partial charge in [-0.3, -0.25) is 15.0 Å². The van der Waals surface area contributed by atoms with Crippen molar-refractivity contribution in [2.24, 2.45) is 0 Å². The molecule has 1 saturated heterocycles. The highest BCUT2D eigenvalue weighted by molar-refractivity contribution is 8.14. The average Bonchev–Trinajstić information content (AvgIpc) is 2.85. The molecule has 0 radical (unpaired) electrons. The number of amides is 2. The maximum Gasteiger partial charge on any atom is 0.573 e. The Kier molecular flexibility index (Phi) is 8.89. The number of methoxy groups -OCH3 is 1. The molecule has 0 aromatic heterocycles. The van der Waals surface area contributed by atoms with Crippen LogP contribution in [0.1, 0.15) is 36.7 Å². The van der Waals surface area contributed by atoms with Gasteiger partial charge in [0, 0.05) is 5.25 Å². The van der Waals surface area contributed by atoms with Gasteiger partial charge in [-0.15, -0.1) is 13.2 Å². The van der Waals surface area contributed by atoms with Gasteiger partial charge in [0.2, 0.25) is 0 Å². The van der Waals surface area contributed by atoms with Crippen molar-refractivity contribution < 1.29 is 54.2 Å². The summed E-state index contributed by atoms with van der Waals surface area (Å²) in [5.74, 6) is -9.55. The number of nitrogens with zero attached hydrogens (tertiary/aromatic N) is 1. The Morgan fingerprint density at radius 2 is 1.69 bits per heavy atom. The van der Waals surface area contributed by atoms with Crippen molar-refractivity contribution in [3.63, 3.8) is 0 Å². The first-order chi connectivity index (χ1) is 18.1. The van der Waals surface area contributed by atoms with E-state index in [0.717, 1.165) is 36.0 Å². The van der Waals surface area contributed by atoms with Crippen molar-refractivity contribution in [1.82, 2.24) is 15.8 Å². The summed E-state index contributed by atoms with van der Waals surface area (Å²) in [7, 11) is 1.10. The lowest BCUT2D eigenvalue weighted by Gasteiger charge is -2.45. The smallest absolute Gasteiger partial charge is 0.493 e. The minimum atomic E-state index is -6.22. The molecule has 16 heteroatoms. The van der Waals surface area contributed by atoms with E-state index in [1.165, 1.54) is 36.4 Å². The Morgan fingerprint density at radius 3 is 2.23 bits per heavy atom. The topological polar surface area (TPSA) is 79.9 Å². The fourth-order valence-electron chi connectivity index (χ4n) is 3.86. The van der Waals surface area contributed by atoms with Crippen LogP contribution in [0.3, 0.4) is 0 Å². The molecule has 3 unspecified atom stereocenters. The molecular weight excluding hydrogens is 566 g/mol. The van der Waals surface area contributed by atoms with Gasteiger partial charge >= 0.3 is 24.4 Å². The summed E-state index contributed by atoms with van der Waals surface area (Å²) in [6.45, 7) is 1.63. The number of halogens is 8. The highest BCUT2D eigenvalue weighted by Crippen LogP contribution is 2.44. The number of ether oxygens (including phenoxy) is 2. The van der Waals surface area contributed by atoms with Gasteiger partial charge in [0.25, 0.3) is 5.24 Å². The summed E-state index contributed by atoms with van der Waals surface area (Å²) in [6.07, 6.45) is -12.9. The minimum absolute atomic E-state index is 0.00356. The van der Waals surface area contributed by atoms with E-state index in [1.807, 2.05) is 0 Å². The van der Waals surface area contributed by atoms with E-state index in [0.29, 0.717) is 0 Å². The number of benzene rings is 2. The predicted molar refractivity (Wildman–Crippen MR) is 123 cm³/mol. The van der Waals surface area contributed by atoms with Crippen LogP contribution in [0.2, 0.25) is 0 Å². The van der Waals surface area contributed by atoms with Crippen molar-refractivity contribution >= 4 is 22.9 Å². The Labute approximate surface area is 220 Å². The molecule has 1 fully saturated rings. The number of thioether (sulfide) groups is 1. The quantitative estimate of drug-likeness (QED) is 0.364. The van der Waals surface area contributed by atoms with Gasteiger partial charge in [0.15, 0.2) is 11.5 Å². The zero-order valence-corrected chi connectivity index (χ0v) is 20.9. The van der Waals surface area contributed by atoms with Crippen LogP contribution in [0.15, 0.2) is 48.5 Å². The number of rotatable bonds is 8. The van der Waals surface area contributed by atoms with Crippen LogP contribution >= 0.6 is 11.8 Å². The highest BCUT2D eigenvalue weighted by Gasteiger charge is 2.64. The highest BCUT2D eigenvalue weighted by atomic mass is 32.2. The lowest BCUT2D eigenvalue weighted by molar-refractivity contribution is -0.275. The normalized spacial score (nSPS) is 19.7. The van der Waals surface area contributed by atoms with Crippen molar-refractivity contribution in [2.75, 3.05) is 7.11 Å². The van der Waals surface area contributed by atoms with E-state index in [-0.39, 0.29) is 23.3 Å². The number of alkyl halides is 8. The van der Waals surface area contributed by atoms with Crippen LogP contribution in [0, 0.1) is 0 Å². The molecule has 39 heavy (non-hydrogen) atoms. The molecule has 3 atom stereocenters. The molecule has 3 rings (SSSR count). The molecule has 1 heterocycles. The molecule has 0 bridgehead atoms. The second-order valence-electron chi connectivity index (χ2n) is 8.13.